The first-order chi connectivity index (χ1) is 13.9. The number of hydrogen-bond donors (Lipinski definition) is 1. The number of piperidine rings is 1. The van der Waals surface area contributed by atoms with Crippen LogP contribution in [-0.2, 0) is 4.79 Å². The number of aryl methyl sites for hydroxylation is 1. The highest BCUT2D eigenvalue weighted by atomic mass is 19.1. The third-order valence-corrected chi connectivity index (χ3v) is 5.19. The molecule has 0 saturated carbocycles. The summed E-state index contributed by atoms with van der Waals surface area (Å²) in [4.78, 5) is 38.5. The number of carbonyl (C=O) groups is 3. The van der Waals surface area contributed by atoms with Gasteiger partial charge in [0.1, 0.15) is 5.82 Å². The van der Waals surface area contributed by atoms with Crippen molar-refractivity contribution in [1.82, 2.24) is 10.2 Å². The maximum Gasteiger partial charge on any atom is 0.253 e. The second-order valence-electron chi connectivity index (χ2n) is 7.43. The summed E-state index contributed by atoms with van der Waals surface area (Å²) in [6.45, 7) is 3.02. The maximum atomic E-state index is 13.0. The van der Waals surface area contributed by atoms with E-state index in [2.05, 4.69) is 5.32 Å². The highest BCUT2D eigenvalue weighted by Gasteiger charge is 2.24. The number of Topliss-reactive ketones (excluding diaryl/α,β-unsaturated/α-hetero) is 1. The Kier molecular flexibility index (Phi) is 6.75. The van der Waals surface area contributed by atoms with E-state index in [9.17, 15) is 18.8 Å². The van der Waals surface area contributed by atoms with Gasteiger partial charge in [0.05, 0.1) is 0 Å². The molecule has 2 amide bonds. The van der Waals surface area contributed by atoms with Gasteiger partial charge in [0.15, 0.2) is 5.78 Å². The van der Waals surface area contributed by atoms with Gasteiger partial charge in [0.2, 0.25) is 5.91 Å². The minimum Gasteiger partial charge on any atom is -0.353 e. The zero-order valence-corrected chi connectivity index (χ0v) is 16.5. The number of rotatable bonds is 6. The Morgan fingerprint density at radius 2 is 1.52 bits per heavy atom. The lowest BCUT2D eigenvalue weighted by atomic mass is 10.0. The van der Waals surface area contributed by atoms with Gasteiger partial charge in [0, 0.05) is 43.1 Å². The molecule has 1 saturated heterocycles. The Morgan fingerprint density at radius 1 is 0.931 bits per heavy atom. The van der Waals surface area contributed by atoms with Crippen LogP contribution in [0.25, 0.3) is 0 Å². The Balaban J connectivity index is 1.41. The van der Waals surface area contributed by atoms with Gasteiger partial charge in [-0.25, -0.2) is 4.39 Å². The second-order valence-corrected chi connectivity index (χ2v) is 7.43. The van der Waals surface area contributed by atoms with Gasteiger partial charge < -0.3 is 10.2 Å². The molecule has 2 aromatic carbocycles. The number of halogens is 1. The molecule has 3 rings (SSSR count). The largest absolute Gasteiger partial charge is 0.353 e. The average Bonchev–Trinajstić information content (AvgIpc) is 2.73. The van der Waals surface area contributed by atoms with Crippen LogP contribution in [0.5, 0.6) is 0 Å². The Labute approximate surface area is 169 Å². The molecule has 1 heterocycles. The highest BCUT2D eigenvalue weighted by molar-refractivity contribution is 5.98. The number of likely N-dealkylation sites (tertiary alicyclic amines) is 1. The smallest absolute Gasteiger partial charge is 0.253 e. The molecule has 29 heavy (non-hydrogen) atoms. The van der Waals surface area contributed by atoms with Crippen molar-refractivity contribution >= 4 is 17.6 Å². The molecular formula is C23H25FN2O3. The molecule has 2 aromatic rings. The van der Waals surface area contributed by atoms with Crippen molar-refractivity contribution in [3.8, 4) is 0 Å². The summed E-state index contributed by atoms with van der Waals surface area (Å²) in [7, 11) is 0. The molecule has 0 aliphatic carbocycles. The van der Waals surface area contributed by atoms with Crippen molar-refractivity contribution in [2.75, 3.05) is 13.1 Å². The molecule has 0 atom stereocenters. The van der Waals surface area contributed by atoms with Crippen molar-refractivity contribution in [2.45, 2.75) is 38.6 Å². The molecule has 0 spiro atoms. The van der Waals surface area contributed by atoms with Crippen LogP contribution < -0.4 is 5.32 Å². The summed E-state index contributed by atoms with van der Waals surface area (Å²) in [5.74, 6) is -0.684. The molecule has 1 aliphatic rings. The van der Waals surface area contributed by atoms with Crippen molar-refractivity contribution in [1.29, 1.82) is 0 Å². The highest BCUT2D eigenvalue weighted by Crippen LogP contribution is 2.15. The molecule has 0 radical (unpaired) electrons. The van der Waals surface area contributed by atoms with Gasteiger partial charge in [-0.05, 0) is 44.0 Å². The van der Waals surface area contributed by atoms with Crippen LogP contribution in [0.4, 0.5) is 4.39 Å². The van der Waals surface area contributed by atoms with E-state index < -0.39 is 0 Å². The zero-order valence-electron chi connectivity index (χ0n) is 16.5. The standard InChI is InChI=1S/C23H25FN2O3/c1-16-2-4-17(5-3-16)21(27)10-11-22(28)25-20-12-14-26(15-13-20)23(29)18-6-8-19(24)9-7-18/h2-9,20H,10-15H2,1H3,(H,25,28). The van der Waals surface area contributed by atoms with Crippen LogP contribution in [0, 0.1) is 12.7 Å². The minimum atomic E-state index is -0.371. The number of amides is 2. The molecular weight excluding hydrogens is 371 g/mol. The van der Waals surface area contributed by atoms with E-state index in [1.807, 2.05) is 19.1 Å². The Morgan fingerprint density at radius 3 is 2.14 bits per heavy atom. The van der Waals surface area contributed by atoms with Gasteiger partial charge in [-0.15, -0.1) is 0 Å². The number of nitrogens with zero attached hydrogens (tertiary/aromatic N) is 1. The summed E-state index contributed by atoms with van der Waals surface area (Å²) in [5.41, 5.74) is 2.17. The van der Waals surface area contributed by atoms with E-state index in [-0.39, 0.29) is 42.3 Å². The summed E-state index contributed by atoms with van der Waals surface area (Å²) in [6, 6.07) is 12.8. The van der Waals surface area contributed by atoms with E-state index in [0.29, 0.717) is 37.1 Å². The summed E-state index contributed by atoms with van der Waals surface area (Å²) in [5, 5.41) is 2.96. The number of hydrogen-bond acceptors (Lipinski definition) is 3. The van der Waals surface area contributed by atoms with E-state index in [1.165, 1.54) is 24.3 Å². The van der Waals surface area contributed by atoms with Gasteiger partial charge >= 0.3 is 0 Å². The van der Waals surface area contributed by atoms with Crippen LogP contribution >= 0.6 is 0 Å². The third kappa shape index (κ3) is 5.73. The maximum absolute atomic E-state index is 13.0. The number of carbonyl (C=O) groups excluding carboxylic acids is 3. The van der Waals surface area contributed by atoms with E-state index in [4.69, 9.17) is 0 Å². The van der Waals surface area contributed by atoms with Crippen molar-refractivity contribution in [3.63, 3.8) is 0 Å². The zero-order chi connectivity index (χ0) is 20.8. The van der Waals surface area contributed by atoms with E-state index in [1.54, 1.807) is 17.0 Å². The lowest BCUT2D eigenvalue weighted by Crippen LogP contribution is -2.46. The number of benzene rings is 2. The number of ketones is 1. The van der Waals surface area contributed by atoms with Crippen LogP contribution in [0.3, 0.4) is 0 Å². The molecule has 1 aliphatic heterocycles. The monoisotopic (exact) mass is 396 g/mol. The van der Waals surface area contributed by atoms with Gasteiger partial charge in [-0.1, -0.05) is 29.8 Å². The molecule has 152 valence electrons. The Hall–Kier alpha value is -3.02. The average molecular weight is 396 g/mol. The first kappa shape index (κ1) is 20.7. The molecule has 1 fully saturated rings. The van der Waals surface area contributed by atoms with Crippen LogP contribution in [-0.4, -0.2) is 41.6 Å². The fourth-order valence-electron chi connectivity index (χ4n) is 3.41. The van der Waals surface area contributed by atoms with Gasteiger partial charge in [-0.2, -0.15) is 0 Å². The van der Waals surface area contributed by atoms with Crippen LogP contribution in [0.15, 0.2) is 48.5 Å². The molecule has 0 bridgehead atoms. The van der Waals surface area contributed by atoms with Gasteiger partial charge in [0.25, 0.3) is 5.91 Å². The summed E-state index contributed by atoms with van der Waals surface area (Å²) in [6.07, 6.45) is 1.65. The SMILES string of the molecule is Cc1ccc(C(=O)CCC(=O)NC2CCN(C(=O)c3ccc(F)cc3)CC2)cc1. The molecule has 0 aromatic heterocycles. The quantitative estimate of drug-likeness (QED) is 0.760. The normalized spacial score (nSPS) is 14.5. The fraction of sp³-hybridized carbons (Fsp3) is 0.348. The first-order valence-corrected chi connectivity index (χ1v) is 9.86. The fourth-order valence-corrected chi connectivity index (χ4v) is 3.41. The topological polar surface area (TPSA) is 66.5 Å². The van der Waals surface area contributed by atoms with Crippen molar-refractivity contribution in [3.05, 3.63) is 71.0 Å². The molecule has 6 heteroatoms. The predicted octanol–water partition coefficient (Wildman–Crippen LogP) is 3.52. The van der Waals surface area contributed by atoms with E-state index >= 15 is 0 Å². The predicted molar refractivity (Wildman–Crippen MR) is 108 cm³/mol. The van der Waals surface area contributed by atoms with Crippen LogP contribution in [0.1, 0.15) is 52.0 Å². The summed E-state index contributed by atoms with van der Waals surface area (Å²) < 4.78 is 13.0. The molecule has 0 unspecified atom stereocenters. The molecule has 1 N–H and O–H groups in total. The van der Waals surface area contributed by atoms with Crippen molar-refractivity contribution in [2.24, 2.45) is 0 Å². The lowest BCUT2D eigenvalue weighted by Gasteiger charge is -2.32. The van der Waals surface area contributed by atoms with Crippen LogP contribution in [0.2, 0.25) is 0 Å². The minimum absolute atomic E-state index is 0.00533. The van der Waals surface area contributed by atoms with Crippen molar-refractivity contribution < 1.29 is 18.8 Å². The number of nitrogens with one attached hydrogen (secondary N) is 1. The lowest BCUT2D eigenvalue weighted by molar-refractivity contribution is -0.122. The van der Waals surface area contributed by atoms with E-state index in [0.717, 1.165) is 5.56 Å². The first-order valence-electron chi connectivity index (χ1n) is 9.86. The second kappa shape index (κ2) is 9.45. The summed E-state index contributed by atoms with van der Waals surface area (Å²) >= 11 is 0. The third-order valence-electron chi connectivity index (χ3n) is 5.19. The Bertz CT molecular complexity index is 870. The molecule has 5 nitrogen and oxygen atoms in total. The van der Waals surface area contributed by atoms with Gasteiger partial charge in [-0.3, -0.25) is 14.4 Å².